The van der Waals surface area contributed by atoms with Crippen LogP contribution in [0.3, 0.4) is 0 Å². The van der Waals surface area contributed by atoms with Crippen LogP contribution in [0.25, 0.3) is 5.69 Å². The van der Waals surface area contributed by atoms with Crippen LogP contribution in [0.4, 0.5) is 11.6 Å². The minimum absolute atomic E-state index is 0.489. The zero-order valence-corrected chi connectivity index (χ0v) is 12.6. The highest BCUT2D eigenvalue weighted by Gasteiger charge is 2.04. The Kier molecular flexibility index (Phi) is 4.20. The molecule has 0 saturated carbocycles. The van der Waals surface area contributed by atoms with Crippen molar-refractivity contribution in [1.29, 1.82) is 5.26 Å². The summed E-state index contributed by atoms with van der Waals surface area (Å²) >= 11 is 0. The zero-order chi connectivity index (χ0) is 16.1. The molecular formula is C17H15N5O. The van der Waals surface area contributed by atoms with Gasteiger partial charge in [0.2, 0.25) is 5.95 Å². The smallest absolute Gasteiger partial charge is 0.246 e. The number of hydrogen-bond donors (Lipinski definition) is 1. The van der Waals surface area contributed by atoms with Gasteiger partial charge in [-0.2, -0.15) is 10.2 Å². The number of aromatic nitrogens is 3. The third-order valence-electron chi connectivity index (χ3n) is 3.15. The average molecular weight is 305 g/mol. The summed E-state index contributed by atoms with van der Waals surface area (Å²) in [5, 5.41) is 16.3. The van der Waals surface area contributed by atoms with Crippen LogP contribution < -0.4 is 10.1 Å². The first kappa shape index (κ1) is 14.6. The van der Waals surface area contributed by atoms with Crippen LogP contribution in [0.2, 0.25) is 0 Å². The van der Waals surface area contributed by atoms with E-state index in [9.17, 15) is 0 Å². The van der Waals surface area contributed by atoms with E-state index in [2.05, 4.69) is 21.5 Å². The van der Waals surface area contributed by atoms with E-state index in [1.807, 2.05) is 43.3 Å². The van der Waals surface area contributed by atoms with Crippen molar-refractivity contribution in [2.75, 3.05) is 11.9 Å². The number of hydrogen-bond acceptors (Lipinski definition) is 5. The van der Waals surface area contributed by atoms with Gasteiger partial charge in [0.15, 0.2) is 0 Å². The molecule has 0 aliphatic carbocycles. The van der Waals surface area contributed by atoms with Crippen LogP contribution in [-0.4, -0.2) is 21.4 Å². The highest BCUT2D eigenvalue weighted by molar-refractivity contribution is 5.55. The molecule has 0 aliphatic rings. The summed E-state index contributed by atoms with van der Waals surface area (Å²) in [6.07, 6.45) is 1.62. The molecule has 3 aromatic rings. The second-order valence-corrected chi connectivity index (χ2v) is 4.76. The van der Waals surface area contributed by atoms with Crippen molar-refractivity contribution in [1.82, 2.24) is 14.8 Å². The molecule has 23 heavy (non-hydrogen) atoms. The van der Waals surface area contributed by atoms with Crippen LogP contribution >= 0.6 is 0 Å². The van der Waals surface area contributed by atoms with Crippen molar-refractivity contribution in [2.45, 2.75) is 6.92 Å². The SMILES string of the molecule is CCOc1cccc(Nc2ncn(-c3ccc(C#N)cc3)n2)c1. The van der Waals surface area contributed by atoms with Gasteiger partial charge in [0, 0.05) is 11.8 Å². The standard InChI is InChI=1S/C17H15N5O/c1-2-23-16-5-3-4-14(10-16)20-17-19-12-22(21-17)15-8-6-13(11-18)7-9-15/h3-10,12H,2H2,1H3,(H,20,21). The molecule has 6 heteroatoms. The monoisotopic (exact) mass is 305 g/mol. The van der Waals surface area contributed by atoms with Crippen molar-refractivity contribution < 1.29 is 4.74 Å². The minimum atomic E-state index is 0.489. The van der Waals surface area contributed by atoms with E-state index in [0.29, 0.717) is 18.1 Å². The summed E-state index contributed by atoms with van der Waals surface area (Å²) < 4.78 is 7.12. The second kappa shape index (κ2) is 6.62. The Morgan fingerprint density at radius 3 is 2.78 bits per heavy atom. The van der Waals surface area contributed by atoms with E-state index >= 15 is 0 Å². The first-order valence-electron chi connectivity index (χ1n) is 7.20. The maximum atomic E-state index is 8.82. The Bertz CT molecular complexity index is 833. The van der Waals surface area contributed by atoms with Crippen molar-refractivity contribution in [2.24, 2.45) is 0 Å². The summed E-state index contributed by atoms with van der Waals surface area (Å²) in [7, 11) is 0. The molecule has 1 aromatic heterocycles. The number of rotatable bonds is 5. The lowest BCUT2D eigenvalue weighted by Crippen LogP contribution is -1.98. The van der Waals surface area contributed by atoms with Gasteiger partial charge in [-0.1, -0.05) is 6.07 Å². The number of nitrogens with one attached hydrogen (secondary N) is 1. The number of benzene rings is 2. The van der Waals surface area contributed by atoms with Gasteiger partial charge in [-0.25, -0.2) is 4.68 Å². The first-order valence-corrected chi connectivity index (χ1v) is 7.20. The van der Waals surface area contributed by atoms with Gasteiger partial charge in [-0.05, 0) is 43.3 Å². The number of nitriles is 1. The molecule has 0 bridgehead atoms. The summed E-state index contributed by atoms with van der Waals surface area (Å²) in [4.78, 5) is 4.24. The molecular weight excluding hydrogens is 290 g/mol. The molecule has 2 aromatic carbocycles. The van der Waals surface area contributed by atoms with Gasteiger partial charge in [-0.3, -0.25) is 0 Å². The number of ether oxygens (including phenoxy) is 1. The van der Waals surface area contributed by atoms with E-state index in [0.717, 1.165) is 17.1 Å². The molecule has 0 atom stereocenters. The summed E-state index contributed by atoms with van der Waals surface area (Å²) in [5.74, 6) is 1.28. The van der Waals surface area contributed by atoms with E-state index < -0.39 is 0 Å². The summed E-state index contributed by atoms with van der Waals surface area (Å²) in [6, 6.07) is 16.9. The lowest BCUT2D eigenvalue weighted by Gasteiger charge is -2.06. The number of nitrogens with zero attached hydrogens (tertiary/aromatic N) is 4. The lowest BCUT2D eigenvalue weighted by molar-refractivity contribution is 0.340. The molecule has 1 heterocycles. The van der Waals surface area contributed by atoms with Crippen molar-refractivity contribution in [3.05, 3.63) is 60.4 Å². The van der Waals surface area contributed by atoms with Crippen LogP contribution in [0, 0.1) is 11.3 Å². The Labute approximate surface area is 134 Å². The fourth-order valence-corrected chi connectivity index (χ4v) is 2.09. The minimum Gasteiger partial charge on any atom is -0.494 e. The van der Waals surface area contributed by atoms with Crippen molar-refractivity contribution in [3.8, 4) is 17.5 Å². The Morgan fingerprint density at radius 2 is 2.04 bits per heavy atom. The molecule has 0 fully saturated rings. The molecule has 0 radical (unpaired) electrons. The number of anilines is 2. The van der Waals surface area contributed by atoms with Crippen LogP contribution in [0.5, 0.6) is 5.75 Å². The fourth-order valence-electron chi connectivity index (χ4n) is 2.09. The fraction of sp³-hybridized carbons (Fsp3) is 0.118. The highest BCUT2D eigenvalue weighted by atomic mass is 16.5. The van der Waals surface area contributed by atoms with Crippen LogP contribution in [0.1, 0.15) is 12.5 Å². The van der Waals surface area contributed by atoms with Gasteiger partial charge in [0.25, 0.3) is 0 Å². The van der Waals surface area contributed by atoms with Crippen LogP contribution in [-0.2, 0) is 0 Å². The predicted molar refractivity (Wildman–Crippen MR) is 87.0 cm³/mol. The largest absolute Gasteiger partial charge is 0.494 e. The Balaban J connectivity index is 1.76. The molecule has 114 valence electrons. The van der Waals surface area contributed by atoms with Crippen LogP contribution in [0.15, 0.2) is 54.9 Å². The highest BCUT2D eigenvalue weighted by Crippen LogP contribution is 2.20. The average Bonchev–Trinajstić information content (AvgIpc) is 3.04. The quantitative estimate of drug-likeness (QED) is 0.783. The lowest BCUT2D eigenvalue weighted by atomic mass is 10.2. The Morgan fingerprint density at radius 1 is 1.22 bits per heavy atom. The molecule has 0 unspecified atom stereocenters. The molecule has 0 amide bonds. The topological polar surface area (TPSA) is 75.8 Å². The zero-order valence-electron chi connectivity index (χ0n) is 12.6. The normalized spacial score (nSPS) is 10.1. The summed E-state index contributed by atoms with van der Waals surface area (Å²) in [5.41, 5.74) is 2.31. The Hall–Kier alpha value is -3.33. The predicted octanol–water partition coefficient (Wildman–Crippen LogP) is 3.28. The van der Waals surface area contributed by atoms with Crippen molar-refractivity contribution in [3.63, 3.8) is 0 Å². The van der Waals surface area contributed by atoms with Gasteiger partial charge >= 0.3 is 0 Å². The molecule has 0 aliphatic heterocycles. The third kappa shape index (κ3) is 3.47. The maximum Gasteiger partial charge on any atom is 0.246 e. The molecule has 3 rings (SSSR count). The maximum absolute atomic E-state index is 8.82. The molecule has 0 spiro atoms. The van der Waals surface area contributed by atoms with Crippen molar-refractivity contribution >= 4 is 11.6 Å². The molecule has 0 saturated heterocycles. The van der Waals surface area contributed by atoms with E-state index in [-0.39, 0.29) is 0 Å². The summed E-state index contributed by atoms with van der Waals surface area (Å²) in [6.45, 7) is 2.57. The van der Waals surface area contributed by atoms with E-state index in [1.165, 1.54) is 0 Å². The molecule has 6 nitrogen and oxygen atoms in total. The third-order valence-corrected chi connectivity index (χ3v) is 3.15. The second-order valence-electron chi connectivity index (χ2n) is 4.76. The van der Waals surface area contributed by atoms with Gasteiger partial charge in [0.1, 0.15) is 12.1 Å². The first-order chi connectivity index (χ1) is 11.3. The van der Waals surface area contributed by atoms with E-state index in [1.54, 1.807) is 23.1 Å². The van der Waals surface area contributed by atoms with Gasteiger partial charge < -0.3 is 10.1 Å². The van der Waals surface area contributed by atoms with E-state index in [4.69, 9.17) is 10.00 Å². The van der Waals surface area contributed by atoms with Gasteiger partial charge in [-0.15, -0.1) is 5.10 Å². The van der Waals surface area contributed by atoms with Gasteiger partial charge in [0.05, 0.1) is 23.9 Å². The molecule has 1 N–H and O–H groups in total.